The molecule has 0 saturated heterocycles. The SMILES string of the molecule is CSCC[C@H](NC(=O)Cc1ccc(NC(=O)Nc2ccccn2)cc1)C(=O)NCC(C(=O)O)c1ccc2c(c1)OCO2. The van der Waals surface area contributed by atoms with Gasteiger partial charge < -0.3 is 30.5 Å². The van der Waals surface area contributed by atoms with Crippen molar-refractivity contribution in [1.82, 2.24) is 15.6 Å². The zero-order chi connectivity index (χ0) is 29.9. The number of carboxylic acids is 1. The van der Waals surface area contributed by atoms with Gasteiger partial charge in [-0.15, -0.1) is 0 Å². The fraction of sp³-hybridized carbons (Fsp3) is 0.276. The van der Waals surface area contributed by atoms with E-state index in [0.717, 1.165) is 0 Å². The van der Waals surface area contributed by atoms with Crippen LogP contribution in [-0.4, -0.2) is 65.3 Å². The molecule has 5 N–H and O–H groups in total. The molecule has 0 fully saturated rings. The fourth-order valence-electron chi connectivity index (χ4n) is 4.16. The molecule has 0 saturated carbocycles. The molecule has 0 bridgehead atoms. The van der Waals surface area contributed by atoms with E-state index in [2.05, 4.69) is 26.3 Å². The predicted octanol–water partition coefficient (Wildman–Crippen LogP) is 3.22. The highest BCUT2D eigenvalue weighted by Gasteiger charge is 2.26. The topological polar surface area (TPSA) is 168 Å². The van der Waals surface area contributed by atoms with Gasteiger partial charge in [-0.3, -0.25) is 19.7 Å². The van der Waals surface area contributed by atoms with Crippen LogP contribution in [0.5, 0.6) is 11.5 Å². The first-order chi connectivity index (χ1) is 20.3. The Balaban J connectivity index is 1.30. The fourth-order valence-corrected chi connectivity index (χ4v) is 4.63. The minimum atomic E-state index is -1.11. The highest BCUT2D eigenvalue weighted by molar-refractivity contribution is 7.98. The van der Waals surface area contributed by atoms with Gasteiger partial charge in [0.15, 0.2) is 11.5 Å². The maximum absolute atomic E-state index is 13.0. The number of anilines is 2. The third-order valence-electron chi connectivity index (χ3n) is 6.32. The summed E-state index contributed by atoms with van der Waals surface area (Å²) in [7, 11) is 0. The van der Waals surface area contributed by atoms with Crippen LogP contribution in [0.25, 0.3) is 0 Å². The second-order valence-corrected chi connectivity index (χ2v) is 10.3. The molecule has 13 heteroatoms. The van der Waals surface area contributed by atoms with E-state index in [1.165, 1.54) is 11.8 Å². The van der Waals surface area contributed by atoms with Gasteiger partial charge in [-0.1, -0.05) is 24.3 Å². The molecule has 1 aliphatic heterocycles. The summed E-state index contributed by atoms with van der Waals surface area (Å²) in [4.78, 5) is 54.0. The highest BCUT2D eigenvalue weighted by atomic mass is 32.2. The average molecular weight is 594 g/mol. The molecule has 0 spiro atoms. The number of pyridine rings is 1. The molecule has 1 aliphatic rings. The molecule has 3 aromatic rings. The van der Waals surface area contributed by atoms with Crippen LogP contribution in [-0.2, 0) is 20.8 Å². The van der Waals surface area contributed by atoms with Crippen molar-refractivity contribution in [2.45, 2.75) is 24.8 Å². The first-order valence-corrected chi connectivity index (χ1v) is 14.5. The quantitative estimate of drug-likeness (QED) is 0.200. The van der Waals surface area contributed by atoms with E-state index in [1.807, 2.05) is 6.26 Å². The number of hydrogen-bond donors (Lipinski definition) is 5. The van der Waals surface area contributed by atoms with Crippen LogP contribution < -0.4 is 30.7 Å². The molecule has 0 radical (unpaired) electrons. The van der Waals surface area contributed by atoms with Gasteiger partial charge in [0.2, 0.25) is 18.6 Å². The summed E-state index contributed by atoms with van der Waals surface area (Å²) in [5, 5.41) is 20.6. The van der Waals surface area contributed by atoms with E-state index in [-0.39, 0.29) is 25.7 Å². The van der Waals surface area contributed by atoms with Crippen LogP contribution in [0.1, 0.15) is 23.5 Å². The number of urea groups is 1. The molecular weight excluding hydrogens is 562 g/mol. The van der Waals surface area contributed by atoms with Gasteiger partial charge in [-0.2, -0.15) is 11.8 Å². The van der Waals surface area contributed by atoms with E-state index in [1.54, 1.807) is 66.9 Å². The Morgan fingerprint density at radius 3 is 2.50 bits per heavy atom. The lowest BCUT2D eigenvalue weighted by Crippen LogP contribution is -2.48. The van der Waals surface area contributed by atoms with Crippen LogP contribution in [0.3, 0.4) is 0 Å². The zero-order valence-corrected chi connectivity index (χ0v) is 23.6. The number of amides is 4. The van der Waals surface area contributed by atoms with Crippen molar-refractivity contribution < 1.29 is 33.8 Å². The summed E-state index contributed by atoms with van der Waals surface area (Å²) in [6, 6.07) is 15.5. The van der Waals surface area contributed by atoms with Crippen LogP contribution in [0.15, 0.2) is 66.9 Å². The summed E-state index contributed by atoms with van der Waals surface area (Å²) >= 11 is 1.53. The molecule has 4 rings (SSSR count). The van der Waals surface area contributed by atoms with Crippen molar-refractivity contribution in [2.75, 3.05) is 36.0 Å². The molecule has 2 atom stereocenters. The van der Waals surface area contributed by atoms with Crippen molar-refractivity contribution in [3.8, 4) is 11.5 Å². The lowest BCUT2D eigenvalue weighted by molar-refractivity contribution is -0.139. The Kier molecular flexibility index (Phi) is 10.6. The Bertz CT molecular complexity index is 1410. The van der Waals surface area contributed by atoms with Gasteiger partial charge in [0.25, 0.3) is 0 Å². The molecule has 4 amide bonds. The second kappa shape index (κ2) is 14.7. The summed E-state index contributed by atoms with van der Waals surface area (Å²) in [6.07, 6.45) is 3.84. The van der Waals surface area contributed by atoms with Crippen LogP contribution >= 0.6 is 11.8 Å². The van der Waals surface area contributed by atoms with Crippen molar-refractivity contribution in [3.05, 3.63) is 78.0 Å². The van der Waals surface area contributed by atoms with Gasteiger partial charge in [0.05, 0.1) is 12.3 Å². The van der Waals surface area contributed by atoms with E-state index in [9.17, 15) is 24.3 Å². The third kappa shape index (κ3) is 8.61. The summed E-state index contributed by atoms with van der Waals surface area (Å²) in [6.45, 7) is -0.100. The number of nitrogens with one attached hydrogen (secondary N) is 4. The van der Waals surface area contributed by atoms with E-state index >= 15 is 0 Å². The molecule has 2 aromatic carbocycles. The number of nitrogens with zero attached hydrogens (tertiary/aromatic N) is 1. The van der Waals surface area contributed by atoms with Crippen molar-refractivity contribution in [1.29, 1.82) is 0 Å². The number of fused-ring (bicyclic) bond motifs is 1. The number of ether oxygens (including phenoxy) is 2. The molecule has 2 heterocycles. The second-order valence-electron chi connectivity index (χ2n) is 9.32. The number of aromatic nitrogens is 1. The van der Waals surface area contributed by atoms with Crippen molar-refractivity contribution >= 4 is 47.1 Å². The standard InChI is InChI=1S/C29H31N5O7S/c1-42-13-11-22(27(36)31-16-21(28(37)38)19-7-10-23-24(15-19)41-17-40-23)33-26(35)14-18-5-8-20(9-6-18)32-29(39)34-25-4-2-3-12-30-25/h2-10,12,15,21-22H,11,13-14,16-17H2,1H3,(H,31,36)(H,33,35)(H,37,38)(H2,30,32,34,39)/t21?,22-/m0/s1. The molecule has 42 heavy (non-hydrogen) atoms. The van der Waals surface area contributed by atoms with Crippen molar-refractivity contribution in [3.63, 3.8) is 0 Å². The molecule has 220 valence electrons. The van der Waals surface area contributed by atoms with Gasteiger partial charge in [-0.25, -0.2) is 9.78 Å². The maximum atomic E-state index is 13.0. The Morgan fingerprint density at radius 1 is 1.00 bits per heavy atom. The van der Waals surface area contributed by atoms with E-state index in [0.29, 0.717) is 46.3 Å². The van der Waals surface area contributed by atoms with E-state index in [4.69, 9.17) is 9.47 Å². The van der Waals surface area contributed by atoms with Gasteiger partial charge in [0.1, 0.15) is 11.9 Å². The monoisotopic (exact) mass is 593 g/mol. The van der Waals surface area contributed by atoms with Crippen LogP contribution in [0.4, 0.5) is 16.3 Å². The van der Waals surface area contributed by atoms with Gasteiger partial charge >= 0.3 is 12.0 Å². The smallest absolute Gasteiger partial charge is 0.324 e. The number of carbonyl (C=O) groups excluding carboxylic acids is 3. The lowest BCUT2D eigenvalue weighted by Gasteiger charge is -2.20. The highest BCUT2D eigenvalue weighted by Crippen LogP contribution is 2.34. The largest absolute Gasteiger partial charge is 0.481 e. The normalized spacial score (nSPS) is 13.0. The number of benzene rings is 2. The summed E-state index contributed by atoms with van der Waals surface area (Å²) in [5.41, 5.74) is 1.67. The zero-order valence-electron chi connectivity index (χ0n) is 22.8. The van der Waals surface area contributed by atoms with Gasteiger partial charge in [0, 0.05) is 18.4 Å². The Labute approximate surface area is 246 Å². The third-order valence-corrected chi connectivity index (χ3v) is 6.97. The van der Waals surface area contributed by atoms with Crippen LogP contribution in [0, 0.1) is 0 Å². The number of carboxylic acid groups (broad SMARTS) is 1. The van der Waals surface area contributed by atoms with Gasteiger partial charge in [-0.05, 0) is 66.0 Å². The Hall–Kier alpha value is -4.78. The summed E-state index contributed by atoms with van der Waals surface area (Å²) in [5.74, 6) is -0.947. The predicted molar refractivity (Wildman–Crippen MR) is 158 cm³/mol. The molecule has 0 aliphatic carbocycles. The minimum absolute atomic E-state index is 0.0123. The number of aliphatic carboxylic acids is 1. The minimum Gasteiger partial charge on any atom is -0.481 e. The summed E-state index contributed by atoms with van der Waals surface area (Å²) < 4.78 is 10.6. The van der Waals surface area contributed by atoms with Crippen molar-refractivity contribution in [2.24, 2.45) is 0 Å². The maximum Gasteiger partial charge on any atom is 0.324 e. The van der Waals surface area contributed by atoms with Crippen LogP contribution in [0.2, 0.25) is 0 Å². The number of thioether (sulfide) groups is 1. The molecule has 1 aromatic heterocycles. The average Bonchev–Trinajstić information content (AvgIpc) is 3.45. The number of carbonyl (C=O) groups is 4. The Morgan fingerprint density at radius 2 is 1.79 bits per heavy atom. The number of rotatable bonds is 13. The lowest BCUT2D eigenvalue weighted by atomic mass is 9.98. The first-order valence-electron chi connectivity index (χ1n) is 13.1. The first kappa shape index (κ1) is 30.2. The number of hydrogen-bond acceptors (Lipinski definition) is 8. The van der Waals surface area contributed by atoms with E-state index < -0.39 is 29.9 Å². The molecular formula is C29H31N5O7S. The molecule has 12 nitrogen and oxygen atoms in total. The molecule has 1 unspecified atom stereocenters.